The van der Waals surface area contributed by atoms with Crippen LogP contribution in [0.3, 0.4) is 0 Å². The van der Waals surface area contributed by atoms with Gasteiger partial charge in [0.1, 0.15) is 0 Å². The molecule has 4 nitrogen and oxygen atoms in total. The zero-order valence-electron chi connectivity index (χ0n) is 12.7. The summed E-state index contributed by atoms with van der Waals surface area (Å²) in [5, 5.41) is 7.36. The lowest BCUT2D eigenvalue weighted by Crippen LogP contribution is -2.38. The second-order valence-corrected chi connectivity index (χ2v) is 6.44. The van der Waals surface area contributed by atoms with Gasteiger partial charge in [-0.25, -0.2) is 0 Å². The van der Waals surface area contributed by atoms with Crippen molar-refractivity contribution in [3.05, 3.63) is 29.3 Å². The highest BCUT2D eigenvalue weighted by atomic mass is 16.1. The number of primary amides is 1. The lowest BCUT2D eigenvalue weighted by Gasteiger charge is -2.28. The van der Waals surface area contributed by atoms with Crippen molar-refractivity contribution in [1.82, 2.24) is 5.32 Å². The maximum Gasteiger partial charge on any atom is 0.248 e. The minimum Gasteiger partial charge on any atom is -0.382 e. The first kappa shape index (κ1) is 14.4. The number of anilines is 1. The van der Waals surface area contributed by atoms with Crippen LogP contribution in [-0.4, -0.2) is 24.5 Å². The van der Waals surface area contributed by atoms with Crippen LogP contribution in [-0.2, 0) is 0 Å². The molecule has 4 heteroatoms. The number of hydrogen-bond donors (Lipinski definition) is 3. The van der Waals surface area contributed by atoms with Gasteiger partial charge in [0.05, 0.1) is 0 Å². The van der Waals surface area contributed by atoms with Gasteiger partial charge in [0.2, 0.25) is 5.91 Å². The molecule has 114 valence electrons. The quantitative estimate of drug-likeness (QED) is 0.796. The number of nitrogens with one attached hydrogen (secondary N) is 2. The Labute approximate surface area is 126 Å². The number of amides is 1. The fourth-order valence-corrected chi connectivity index (χ4v) is 3.91. The molecule has 0 aromatic heterocycles. The highest BCUT2D eigenvalue weighted by Gasteiger charge is 2.35. The van der Waals surface area contributed by atoms with E-state index in [0.29, 0.717) is 17.6 Å². The van der Waals surface area contributed by atoms with Crippen molar-refractivity contribution in [2.75, 3.05) is 11.9 Å². The zero-order valence-corrected chi connectivity index (χ0v) is 12.7. The predicted molar refractivity (Wildman–Crippen MR) is 85.5 cm³/mol. The topological polar surface area (TPSA) is 67.2 Å². The van der Waals surface area contributed by atoms with Crippen molar-refractivity contribution >= 4 is 11.6 Å². The van der Waals surface area contributed by atoms with E-state index in [1.54, 1.807) is 0 Å². The maximum atomic E-state index is 11.2. The third kappa shape index (κ3) is 3.05. The van der Waals surface area contributed by atoms with Gasteiger partial charge in [-0.1, -0.05) is 6.42 Å². The molecule has 21 heavy (non-hydrogen) atoms. The minimum absolute atomic E-state index is 0.362. The number of carbonyl (C=O) groups excluding carboxylic acids is 1. The Bertz CT molecular complexity index is 523. The number of nitrogens with two attached hydrogens (primary N) is 1. The Morgan fingerprint density at radius 2 is 2.14 bits per heavy atom. The van der Waals surface area contributed by atoms with Gasteiger partial charge in [0, 0.05) is 23.3 Å². The Hall–Kier alpha value is -1.55. The van der Waals surface area contributed by atoms with E-state index in [1.165, 1.54) is 38.6 Å². The molecule has 1 saturated carbocycles. The Morgan fingerprint density at radius 3 is 2.81 bits per heavy atom. The first-order valence-electron chi connectivity index (χ1n) is 8.05. The average molecular weight is 287 g/mol. The molecule has 4 N–H and O–H groups in total. The molecule has 1 heterocycles. The smallest absolute Gasteiger partial charge is 0.248 e. The van der Waals surface area contributed by atoms with E-state index in [2.05, 4.69) is 10.6 Å². The number of benzene rings is 1. The monoisotopic (exact) mass is 287 g/mol. The molecular weight excluding hydrogens is 262 g/mol. The van der Waals surface area contributed by atoms with Crippen molar-refractivity contribution in [2.45, 2.75) is 51.1 Å². The standard InChI is InChI=1S/C17H25N3O/c1-11-10-12(17(18)21)7-8-14(11)20-16-5-2-4-13(16)15-6-3-9-19-15/h7-8,10,13,15-16,19-20H,2-6,9H2,1H3,(H2,18,21). The average Bonchev–Trinajstić information content (AvgIpc) is 3.11. The first-order chi connectivity index (χ1) is 10.1. The van der Waals surface area contributed by atoms with Crippen molar-refractivity contribution in [2.24, 2.45) is 11.7 Å². The highest BCUT2D eigenvalue weighted by Crippen LogP contribution is 2.34. The Morgan fingerprint density at radius 1 is 1.29 bits per heavy atom. The molecule has 1 aliphatic heterocycles. The maximum absolute atomic E-state index is 11.2. The molecule has 2 fully saturated rings. The van der Waals surface area contributed by atoms with E-state index >= 15 is 0 Å². The summed E-state index contributed by atoms with van der Waals surface area (Å²) in [6, 6.07) is 6.90. The summed E-state index contributed by atoms with van der Waals surface area (Å²) in [5.74, 6) is 0.362. The van der Waals surface area contributed by atoms with E-state index in [1.807, 2.05) is 25.1 Å². The van der Waals surface area contributed by atoms with Gasteiger partial charge in [-0.05, 0) is 68.8 Å². The van der Waals surface area contributed by atoms with Crippen LogP contribution in [0, 0.1) is 12.8 Å². The molecular formula is C17H25N3O. The summed E-state index contributed by atoms with van der Waals surface area (Å²) in [7, 11) is 0. The van der Waals surface area contributed by atoms with Crippen LogP contribution in [0.2, 0.25) is 0 Å². The van der Waals surface area contributed by atoms with Gasteiger partial charge in [-0.15, -0.1) is 0 Å². The van der Waals surface area contributed by atoms with Gasteiger partial charge >= 0.3 is 0 Å². The lowest BCUT2D eigenvalue weighted by molar-refractivity contribution is 0.1000. The van der Waals surface area contributed by atoms with E-state index in [9.17, 15) is 4.79 Å². The molecule has 1 saturated heterocycles. The molecule has 0 radical (unpaired) electrons. The number of aryl methyl sites for hydroxylation is 1. The van der Waals surface area contributed by atoms with E-state index in [-0.39, 0.29) is 5.91 Å². The molecule has 1 aliphatic carbocycles. The van der Waals surface area contributed by atoms with Gasteiger partial charge in [0.25, 0.3) is 0 Å². The SMILES string of the molecule is Cc1cc(C(N)=O)ccc1NC1CCCC1C1CCCN1. The molecule has 1 aromatic carbocycles. The van der Waals surface area contributed by atoms with E-state index in [4.69, 9.17) is 5.73 Å². The van der Waals surface area contributed by atoms with Crippen molar-refractivity contribution in [1.29, 1.82) is 0 Å². The molecule has 2 aliphatic rings. The molecule has 0 spiro atoms. The van der Waals surface area contributed by atoms with Gasteiger partial charge in [0.15, 0.2) is 0 Å². The predicted octanol–water partition coefficient (Wildman–Crippen LogP) is 2.43. The van der Waals surface area contributed by atoms with Crippen molar-refractivity contribution in [3.8, 4) is 0 Å². The number of hydrogen-bond acceptors (Lipinski definition) is 3. The molecule has 0 bridgehead atoms. The fourth-order valence-electron chi connectivity index (χ4n) is 3.91. The molecule has 3 rings (SSSR count). The third-order valence-electron chi connectivity index (χ3n) is 5.04. The van der Waals surface area contributed by atoms with Gasteiger partial charge in [-0.2, -0.15) is 0 Å². The summed E-state index contributed by atoms with van der Waals surface area (Å²) in [4.78, 5) is 11.2. The molecule has 1 aromatic rings. The van der Waals surface area contributed by atoms with E-state index < -0.39 is 0 Å². The van der Waals surface area contributed by atoms with Crippen LogP contribution in [0.4, 0.5) is 5.69 Å². The van der Waals surface area contributed by atoms with Crippen LogP contribution in [0.5, 0.6) is 0 Å². The largest absolute Gasteiger partial charge is 0.382 e. The Kier molecular flexibility index (Phi) is 4.15. The summed E-state index contributed by atoms with van der Waals surface area (Å²) < 4.78 is 0. The second-order valence-electron chi connectivity index (χ2n) is 6.44. The summed E-state index contributed by atoms with van der Waals surface area (Å²) in [6.07, 6.45) is 6.47. The van der Waals surface area contributed by atoms with Crippen molar-refractivity contribution < 1.29 is 4.79 Å². The van der Waals surface area contributed by atoms with Crippen LogP contribution < -0.4 is 16.4 Å². The highest BCUT2D eigenvalue weighted by molar-refractivity contribution is 5.93. The lowest BCUT2D eigenvalue weighted by atomic mass is 9.92. The van der Waals surface area contributed by atoms with Crippen LogP contribution in [0.15, 0.2) is 18.2 Å². The zero-order chi connectivity index (χ0) is 14.8. The summed E-state index contributed by atoms with van der Waals surface area (Å²) in [6.45, 7) is 3.20. The summed E-state index contributed by atoms with van der Waals surface area (Å²) >= 11 is 0. The van der Waals surface area contributed by atoms with Crippen molar-refractivity contribution in [3.63, 3.8) is 0 Å². The third-order valence-corrected chi connectivity index (χ3v) is 5.04. The normalized spacial score (nSPS) is 28.7. The molecule has 3 unspecified atom stereocenters. The fraction of sp³-hybridized carbons (Fsp3) is 0.588. The van der Waals surface area contributed by atoms with E-state index in [0.717, 1.165) is 17.2 Å². The van der Waals surface area contributed by atoms with Crippen LogP contribution in [0.1, 0.15) is 48.0 Å². The number of rotatable bonds is 4. The van der Waals surface area contributed by atoms with Crippen LogP contribution >= 0.6 is 0 Å². The first-order valence-corrected chi connectivity index (χ1v) is 8.05. The van der Waals surface area contributed by atoms with Crippen LogP contribution in [0.25, 0.3) is 0 Å². The Balaban J connectivity index is 1.71. The molecule has 1 amide bonds. The minimum atomic E-state index is -0.362. The van der Waals surface area contributed by atoms with Gasteiger partial charge < -0.3 is 16.4 Å². The molecule has 3 atom stereocenters. The summed E-state index contributed by atoms with van der Waals surface area (Å²) in [5.41, 5.74) is 8.14. The second kappa shape index (κ2) is 6.06. The van der Waals surface area contributed by atoms with Gasteiger partial charge in [-0.3, -0.25) is 4.79 Å². The number of carbonyl (C=O) groups is 1.